The van der Waals surface area contributed by atoms with Gasteiger partial charge in [-0.15, -0.1) is 0 Å². The summed E-state index contributed by atoms with van der Waals surface area (Å²) in [4.78, 5) is 15.3. The summed E-state index contributed by atoms with van der Waals surface area (Å²) >= 11 is 0. The van der Waals surface area contributed by atoms with E-state index in [2.05, 4.69) is 4.90 Å². The summed E-state index contributed by atoms with van der Waals surface area (Å²) in [6, 6.07) is 0.592. The van der Waals surface area contributed by atoms with Crippen LogP contribution in [0.4, 0.5) is 0 Å². The maximum atomic E-state index is 11.1. The third-order valence-corrected chi connectivity index (χ3v) is 3.32. The molecule has 0 spiro atoms. The molecule has 2 saturated heterocycles. The van der Waals surface area contributed by atoms with E-state index in [-0.39, 0.29) is 12.0 Å². The van der Waals surface area contributed by atoms with Crippen LogP contribution in [-0.2, 0) is 4.79 Å². The molecular formula is C10H18N2O2. The minimum Gasteiger partial charge on any atom is -0.390 e. The minimum atomic E-state index is -0.110. The molecule has 0 saturated carbocycles. The predicted octanol–water partition coefficient (Wildman–Crippen LogP) is -0.326. The first-order valence-electron chi connectivity index (χ1n) is 5.34. The molecule has 1 amide bonds. The van der Waals surface area contributed by atoms with E-state index in [1.807, 2.05) is 4.90 Å². The predicted molar refractivity (Wildman–Crippen MR) is 52.9 cm³/mol. The maximum Gasteiger partial charge on any atom is 0.219 e. The Labute approximate surface area is 84.5 Å². The average Bonchev–Trinajstić information content (AvgIpc) is 2.13. The monoisotopic (exact) mass is 198 g/mol. The second-order valence-electron chi connectivity index (χ2n) is 4.34. The lowest BCUT2D eigenvalue weighted by atomic mass is 9.98. The van der Waals surface area contributed by atoms with Gasteiger partial charge in [0.15, 0.2) is 0 Å². The number of likely N-dealkylation sites (tertiary alicyclic amines) is 2. The van der Waals surface area contributed by atoms with Gasteiger partial charge in [-0.3, -0.25) is 9.69 Å². The van der Waals surface area contributed by atoms with Crippen LogP contribution in [0.5, 0.6) is 0 Å². The highest BCUT2D eigenvalue weighted by atomic mass is 16.3. The summed E-state index contributed by atoms with van der Waals surface area (Å²) in [6.45, 7) is 5.04. The summed E-state index contributed by atoms with van der Waals surface area (Å²) < 4.78 is 0. The largest absolute Gasteiger partial charge is 0.390 e. The first-order valence-corrected chi connectivity index (χ1v) is 5.34. The van der Waals surface area contributed by atoms with Gasteiger partial charge in [0.25, 0.3) is 0 Å². The molecule has 2 aliphatic heterocycles. The van der Waals surface area contributed by atoms with Crippen molar-refractivity contribution >= 4 is 5.91 Å². The van der Waals surface area contributed by atoms with E-state index < -0.39 is 0 Å². The highest BCUT2D eigenvalue weighted by molar-refractivity contribution is 5.73. The van der Waals surface area contributed by atoms with Crippen molar-refractivity contribution in [2.75, 3.05) is 26.2 Å². The molecule has 0 bridgehead atoms. The number of aliphatic hydroxyl groups is 1. The molecule has 2 fully saturated rings. The lowest BCUT2D eigenvalue weighted by molar-refractivity contribution is -0.131. The molecule has 0 radical (unpaired) electrons. The van der Waals surface area contributed by atoms with E-state index in [1.54, 1.807) is 6.92 Å². The van der Waals surface area contributed by atoms with Crippen molar-refractivity contribution in [2.45, 2.75) is 31.9 Å². The van der Waals surface area contributed by atoms with Crippen molar-refractivity contribution in [1.82, 2.24) is 9.80 Å². The fourth-order valence-electron chi connectivity index (χ4n) is 2.33. The number of amides is 1. The molecule has 0 atom stereocenters. The Hall–Kier alpha value is -0.610. The molecule has 80 valence electrons. The van der Waals surface area contributed by atoms with Gasteiger partial charge in [0.2, 0.25) is 5.91 Å². The Balaban J connectivity index is 1.76. The number of β-amino-alcohol motifs (C(OH)–C–C–N with tert-alkyl or cyclic N) is 1. The van der Waals surface area contributed by atoms with Crippen LogP contribution in [-0.4, -0.2) is 59.1 Å². The van der Waals surface area contributed by atoms with Crippen molar-refractivity contribution in [3.63, 3.8) is 0 Å². The number of hydrogen-bond donors (Lipinski definition) is 1. The molecule has 4 nitrogen and oxygen atoms in total. The highest BCUT2D eigenvalue weighted by Gasteiger charge is 2.33. The lowest BCUT2D eigenvalue weighted by Crippen LogP contribution is -2.58. The van der Waals surface area contributed by atoms with E-state index in [9.17, 15) is 9.90 Å². The van der Waals surface area contributed by atoms with Crippen molar-refractivity contribution in [2.24, 2.45) is 0 Å². The van der Waals surface area contributed by atoms with Crippen LogP contribution in [0.2, 0.25) is 0 Å². The zero-order valence-electron chi connectivity index (χ0n) is 8.65. The van der Waals surface area contributed by atoms with Gasteiger partial charge >= 0.3 is 0 Å². The smallest absolute Gasteiger partial charge is 0.219 e. The Morgan fingerprint density at radius 1 is 1.29 bits per heavy atom. The average molecular weight is 198 g/mol. The molecule has 2 aliphatic rings. The molecule has 0 aromatic heterocycles. The van der Waals surface area contributed by atoms with E-state index in [1.165, 1.54) is 0 Å². The van der Waals surface area contributed by atoms with Gasteiger partial charge in [-0.1, -0.05) is 0 Å². The fraction of sp³-hybridized carbons (Fsp3) is 0.900. The number of piperidine rings is 1. The van der Waals surface area contributed by atoms with Crippen LogP contribution in [0.1, 0.15) is 19.8 Å². The van der Waals surface area contributed by atoms with Crippen molar-refractivity contribution in [3.05, 3.63) is 0 Å². The van der Waals surface area contributed by atoms with Gasteiger partial charge in [-0.25, -0.2) is 0 Å². The normalized spacial score (nSPS) is 26.3. The molecule has 2 rings (SSSR count). The second kappa shape index (κ2) is 3.87. The summed E-state index contributed by atoms with van der Waals surface area (Å²) in [5, 5.41) is 9.18. The SMILES string of the molecule is CC(=O)N1CCC(N2CC(O)C2)CC1. The molecule has 2 heterocycles. The second-order valence-corrected chi connectivity index (χ2v) is 4.34. The van der Waals surface area contributed by atoms with Gasteiger partial charge in [-0.2, -0.15) is 0 Å². The van der Waals surface area contributed by atoms with Crippen molar-refractivity contribution in [3.8, 4) is 0 Å². The minimum absolute atomic E-state index is 0.110. The molecule has 4 heteroatoms. The zero-order valence-corrected chi connectivity index (χ0v) is 8.65. The molecule has 0 aromatic rings. The number of nitrogens with zero attached hydrogens (tertiary/aromatic N) is 2. The number of rotatable bonds is 1. The highest BCUT2D eigenvalue weighted by Crippen LogP contribution is 2.21. The first kappa shape index (κ1) is 9.93. The lowest BCUT2D eigenvalue weighted by Gasteiger charge is -2.45. The summed E-state index contributed by atoms with van der Waals surface area (Å²) in [5.41, 5.74) is 0. The van der Waals surface area contributed by atoms with Gasteiger partial charge in [0.05, 0.1) is 6.10 Å². The maximum absolute atomic E-state index is 11.1. The zero-order chi connectivity index (χ0) is 10.1. The van der Waals surface area contributed by atoms with Crippen LogP contribution in [0.25, 0.3) is 0 Å². The van der Waals surface area contributed by atoms with E-state index in [0.717, 1.165) is 39.0 Å². The molecule has 0 aromatic carbocycles. The van der Waals surface area contributed by atoms with E-state index in [0.29, 0.717) is 6.04 Å². The van der Waals surface area contributed by atoms with Crippen LogP contribution >= 0.6 is 0 Å². The van der Waals surface area contributed by atoms with Gasteiger partial charge < -0.3 is 10.0 Å². The molecule has 14 heavy (non-hydrogen) atoms. The van der Waals surface area contributed by atoms with Crippen LogP contribution in [0.15, 0.2) is 0 Å². The summed E-state index contributed by atoms with van der Waals surface area (Å²) in [7, 11) is 0. The fourth-order valence-corrected chi connectivity index (χ4v) is 2.33. The molecule has 1 N–H and O–H groups in total. The molecule has 0 aliphatic carbocycles. The summed E-state index contributed by atoms with van der Waals surface area (Å²) in [5.74, 6) is 0.187. The van der Waals surface area contributed by atoms with Crippen LogP contribution in [0.3, 0.4) is 0 Å². The third kappa shape index (κ3) is 1.91. The summed E-state index contributed by atoms with van der Waals surface area (Å²) in [6.07, 6.45) is 2.01. The number of carbonyl (C=O) groups excluding carboxylic acids is 1. The standard InChI is InChI=1S/C10H18N2O2/c1-8(13)11-4-2-9(3-5-11)12-6-10(14)7-12/h9-10,14H,2-7H2,1H3. The first-order chi connectivity index (χ1) is 6.66. The quantitative estimate of drug-likeness (QED) is 0.627. The number of carbonyl (C=O) groups is 1. The third-order valence-electron chi connectivity index (χ3n) is 3.32. The van der Waals surface area contributed by atoms with Gasteiger partial charge in [0, 0.05) is 39.1 Å². The Bertz CT molecular complexity index is 218. The van der Waals surface area contributed by atoms with Gasteiger partial charge in [-0.05, 0) is 12.8 Å². The topological polar surface area (TPSA) is 43.8 Å². The Morgan fingerprint density at radius 2 is 1.86 bits per heavy atom. The molecular weight excluding hydrogens is 180 g/mol. The van der Waals surface area contributed by atoms with E-state index in [4.69, 9.17) is 0 Å². The van der Waals surface area contributed by atoms with Crippen molar-refractivity contribution in [1.29, 1.82) is 0 Å². The number of aliphatic hydroxyl groups excluding tert-OH is 1. The van der Waals surface area contributed by atoms with Crippen molar-refractivity contribution < 1.29 is 9.90 Å². The van der Waals surface area contributed by atoms with E-state index >= 15 is 0 Å². The number of hydrogen-bond acceptors (Lipinski definition) is 3. The Morgan fingerprint density at radius 3 is 2.29 bits per heavy atom. The van der Waals surface area contributed by atoms with Crippen LogP contribution in [0, 0.1) is 0 Å². The van der Waals surface area contributed by atoms with Gasteiger partial charge in [0.1, 0.15) is 0 Å². The van der Waals surface area contributed by atoms with Crippen LogP contribution < -0.4 is 0 Å². The molecule has 0 unspecified atom stereocenters. The Kier molecular flexibility index (Phi) is 2.74.